The number of nitrogens with zero attached hydrogens (tertiary/aromatic N) is 2. The van der Waals surface area contributed by atoms with Crippen LogP contribution in [0.3, 0.4) is 0 Å². The highest BCUT2D eigenvalue weighted by molar-refractivity contribution is 5.84. The van der Waals surface area contributed by atoms with E-state index in [9.17, 15) is 9.18 Å². The van der Waals surface area contributed by atoms with Crippen molar-refractivity contribution in [2.45, 2.75) is 12.8 Å². The Morgan fingerprint density at radius 1 is 1.47 bits per heavy atom. The van der Waals surface area contributed by atoms with Crippen molar-refractivity contribution in [1.82, 2.24) is 0 Å². The lowest BCUT2D eigenvalue weighted by molar-refractivity contribution is -0.121. The van der Waals surface area contributed by atoms with Gasteiger partial charge in [-0.3, -0.25) is 4.79 Å². The predicted octanol–water partition coefficient (Wildman–Crippen LogP) is 2.13. The number of anilines is 1. The fourth-order valence-corrected chi connectivity index (χ4v) is 2.13. The van der Waals surface area contributed by atoms with Crippen LogP contribution in [0.4, 0.5) is 10.1 Å². The van der Waals surface area contributed by atoms with E-state index < -0.39 is 0 Å². The monoisotopic (exact) mass is 232 g/mol. The lowest BCUT2D eigenvalue weighted by Crippen LogP contribution is -2.22. The Balaban J connectivity index is 2.01. The molecule has 1 unspecified atom stereocenters. The van der Waals surface area contributed by atoms with Gasteiger partial charge in [0.15, 0.2) is 5.78 Å². The first-order valence-electron chi connectivity index (χ1n) is 5.61. The maximum absolute atomic E-state index is 12.8. The van der Waals surface area contributed by atoms with Crippen molar-refractivity contribution >= 4 is 11.5 Å². The lowest BCUT2D eigenvalue weighted by Gasteiger charge is -2.18. The third-order valence-electron chi connectivity index (χ3n) is 3.09. The number of halogens is 1. The molecule has 0 N–H and O–H groups in total. The van der Waals surface area contributed by atoms with Crippen molar-refractivity contribution in [1.29, 1.82) is 5.26 Å². The first kappa shape index (κ1) is 11.6. The minimum absolute atomic E-state index is 0.0112. The summed E-state index contributed by atoms with van der Waals surface area (Å²) in [6, 6.07) is 8.15. The molecule has 1 atom stereocenters. The number of Topliss-reactive ketones (excluding diaryl/α,β-unsaturated/α-hetero) is 1. The fraction of sp³-hybridized carbons (Fsp3) is 0.385. The highest BCUT2D eigenvalue weighted by atomic mass is 19.1. The van der Waals surface area contributed by atoms with E-state index >= 15 is 0 Å². The second kappa shape index (κ2) is 4.96. The van der Waals surface area contributed by atoms with Gasteiger partial charge in [-0.05, 0) is 30.7 Å². The van der Waals surface area contributed by atoms with Gasteiger partial charge in [-0.1, -0.05) is 0 Å². The molecule has 0 aromatic heterocycles. The molecule has 88 valence electrons. The van der Waals surface area contributed by atoms with Crippen molar-refractivity contribution in [2.75, 3.05) is 18.0 Å². The predicted molar refractivity (Wildman–Crippen MR) is 62.0 cm³/mol. The molecule has 1 aromatic carbocycles. The first-order valence-corrected chi connectivity index (χ1v) is 5.61. The van der Waals surface area contributed by atoms with E-state index in [1.54, 1.807) is 12.1 Å². The normalized spacial score (nSPS) is 19.1. The van der Waals surface area contributed by atoms with Crippen LogP contribution in [0.15, 0.2) is 24.3 Å². The molecule has 0 aliphatic carbocycles. The minimum Gasteiger partial charge on any atom is -0.371 e. The van der Waals surface area contributed by atoms with Crippen LogP contribution in [-0.4, -0.2) is 18.9 Å². The Bertz CT molecular complexity index is 449. The van der Waals surface area contributed by atoms with Gasteiger partial charge in [0.2, 0.25) is 0 Å². The number of hydrogen-bond donors (Lipinski definition) is 0. The quantitative estimate of drug-likeness (QED) is 0.802. The Morgan fingerprint density at radius 3 is 2.82 bits per heavy atom. The van der Waals surface area contributed by atoms with Crippen LogP contribution in [0.5, 0.6) is 0 Å². The molecule has 4 heteroatoms. The highest BCUT2D eigenvalue weighted by Gasteiger charge is 2.27. The van der Waals surface area contributed by atoms with Crippen LogP contribution in [0.25, 0.3) is 0 Å². The van der Waals surface area contributed by atoms with Gasteiger partial charge in [0.1, 0.15) is 5.82 Å². The second-order valence-electron chi connectivity index (χ2n) is 4.21. The zero-order chi connectivity index (χ0) is 12.3. The molecule has 1 aromatic rings. The average molecular weight is 232 g/mol. The minimum atomic E-state index is -0.259. The van der Waals surface area contributed by atoms with Gasteiger partial charge in [-0.25, -0.2) is 4.39 Å². The molecule has 0 saturated carbocycles. The molecule has 1 fully saturated rings. The number of nitriles is 1. The summed E-state index contributed by atoms with van der Waals surface area (Å²) < 4.78 is 12.8. The molecule has 0 bridgehead atoms. The smallest absolute Gasteiger partial charge is 0.151 e. The third-order valence-corrected chi connectivity index (χ3v) is 3.09. The van der Waals surface area contributed by atoms with E-state index in [0.29, 0.717) is 6.54 Å². The Labute approximate surface area is 99.5 Å². The molecule has 2 rings (SSSR count). The summed E-state index contributed by atoms with van der Waals surface area (Å²) in [5.74, 6) is -0.304. The number of hydrogen-bond acceptors (Lipinski definition) is 3. The number of ketones is 1. The van der Waals surface area contributed by atoms with Gasteiger partial charge < -0.3 is 4.90 Å². The van der Waals surface area contributed by atoms with Gasteiger partial charge >= 0.3 is 0 Å². The summed E-state index contributed by atoms with van der Waals surface area (Å²) in [7, 11) is 0. The first-order chi connectivity index (χ1) is 8.20. The molecule has 1 aliphatic heterocycles. The van der Waals surface area contributed by atoms with Crippen LogP contribution in [-0.2, 0) is 4.79 Å². The van der Waals surface area contributed by atoms with E-state index in [4.69, 9.17) is 5.26 Å². The SMILES string of the molecule is N#CCC(=O)C1CCN(c2ccc(F)cc2)C1. The van der Waals surface area contributed by atoms with E-state index in [1.165, 1.54) is 12.1 Å². The number of benzene rings is 1. The Kier molecular flexibility index (Phi) is 3.38. The third kappa shape index (κ3) is 2.62. The number of rotatable bonds is 3. The van der Waals surface area contributed by atoms with Gasteiger partial charge in [0.05, 0.1) is 12.5 Å². The van der Waals surface area contributed by atoms with Crippen molar-refractivity contribution in [2.24, 2.45) is 5.92 Å². The van der Waals surface area contributed by atoms with Gasteiger partial charge in [-0.2, -0.15) is 5.26 Å². The van der Waals surface area contributed by atoms with Crippen LogP contribution in [0.1, 0.15) is 12.8 Å². The topological polar surface area (TPSA) is 44.1 Å². The molecule has 0 spiro atoms. The zero-order valence-electron chi connectivity index (χ0n) is 9.40. The maximum atomic E-state index is 12.8. The van der Waals surface area contributed by atoms with E-state index in [0.717, 1.165) is 18.7 Å². The summed E-state index contributed by atoms with van der Waals surface area (Å²) in [4.78, 5) is 13.6. The molecule has 0 amide bonds. The number of carbonyl (C=O) groups excluding carboxylic acids is 1. The second-order valence-corrected chi connectivity index (χ2v) is 4.21. The van der Waals surface area contributed by atoms with Crippen molar-refractivity contribution in [3.05, 3.63) is 30.1 Å². The van der Waals surface area contributed by atoms with Crippen LogP contribution < -0.4 is 4.90 Å². The molecule has 3 nitrogen and oxygen atoms in total. The van der Waals surface area contributed by atoms with Crippen molar-refractivity contribution < 1.29 is 9.18 Å². The fourth-order valence-electron chi connectivity index (χ4n) is 2.13. The van der Waals surface area contributed by atoms with Crippen LogP contribution >= 0.6 is 0 Å². The average Bonchev–Trinajstić information content (AvgIpc) is 2.80. The summed E-state index contributed by atoms with van der Waals surface area (Å²) in [6.45, 7) is 1.42. The zero-order valence-corrected chi connectivity index (χ0v) is 9.40. The largest absolute Gasteiger partial charge is 0.371 e. The van der Waals surface area contributed by atoms with Gasteiger partial charge in [-0.15, -0.1) is 0 Å². The van der Waals surface area contributed by atoms with E-state index in [1.807, 2.05) is 6.07 Å². The molecule has 1 heterocycles. The van der Waals surface area contributed by atoms with Crippen molar-refractivity contribution in [3.8, 4) is 6.07 Å². The van der Waals surface area contributed by atoms with Gasteiger partial charge in [0, 0.05) is 24.7 Å². The number of carbonyl (C=O) groups is 1. The van der Waals surface area contributed by atoms with Crippen LogP contribution in [0, 0.1) is 23.1 Å². The van der Waals surface area contributed by atoms with E-state index in [2.05, 4.69) is 4.90 Å². The summed E-state index contributed by atoms with van der Waals surface area (Å²) >= 11 is 0. The molecular weight excluding hydrogens is 219 g/mol. The maximum Gasteiger partial charge on any atom is 0.151 e. The van der Waals surface area contributed by atoms with Gasteiger partial charge in [0.25, 0.3) is 0 Å². The van der Waals surface area contributed by atoms with Crippen molar-refractivity contribution in [3.63, 3.8) is 0 Å². The Hall–Kier alpha value is -1.89. The molecule has 1 saturated heterocycles. The summed E-state index contributed by atoms with van der Waals surface area (Å²) in [5, 5.41) is 8.48. The molecular formula is C13H13FN2O. The molecule has 17 heavy (non-hydrogen) atoms. The molecule has 1 aliphatic rings. The summed E-state index contributed by atoms with van der Waals surface area (Å²) in [5.41, 5.74) is 0.929. The van der Waals surface area contributed by atoms with Crippen LogP contribution in [0.2, 0.25) is 0 Å². The molecule has 0 radical (unpaired) electrons. The standard InChI is InChI=1S/C13H13FN2O/c14-11-1-3-12(4-2-11)16-8-6-10(9-16)13(17)5-7-15/h1-4,10H,5-6,8-9H2. The lowest BCUT2D eigenvalue weighted by atomic mass is 10.0. The summed E-state index contributed by atoms with van der Waals surface area (Å²) in [6.07, 6.45) is 0.764. The van der Waals surface area contributed by atoms with E-state index in [-0.39, 0.29) is 23.9 Å². The highest BCUT2D eigenvalue weighted by Crippen LogP contribution is 2.24. The Morgan fingerprint density at radius 2 is 2.18 bits per heavy atom.